The summed E-state index contributed by atoms with van der Waals surface area (Å²) < 4.78 is 5.74. The number of aromatic nitrogens is 1. The van der Waals surface area contributed by atoms with Crippen LogP contribution >= 0.6 is 0 Å². The molecule has 1 amide bonds. The lowest BCUT2D eigenvalue weighted by Gasteiger charge is -2.17. The molecule has 0 saturated carbocycles. The van der Waals surface area contributed by atoms with Gasteiger partial charge in [0.1, 0.15) is 11.5 Å². The fourth-order valence-corrected chi connectivity index (χ4v) is 2.22. The third kappa shape index (κ3) is 3.97. The van der Waals surface area contributed by atoms with Gasteiger partial charge in [-0.15, -0.1) is 0 Å². The summed E-state index contributed by atoms with van der Waals surface area (Å²) in [6.07, 6.45) is 3.13. The topological polar surface area (TPSA) is 68.4 Å². The molecule has 0 saturated heterocycles. The molecule has 1 aromatic heterocycles. The molecule has 0 bridgehead atoms. The van der Waals surface area contributed by atoms with E-state index in [1.807, 2.05) is 54.6 Å². The Morgan fingerprint density at radius 2 is 1.54 bits per heavy atom. The molecule has 5 heteroatoms. The van der Waals surface area contributed by atoms with Crippen LogP contribution in [0.5, 0.6) is 11.5 Å². The summed E-state index contributed by atoms with van der Waals surface area (Å²) in [7, 11) is 0. The monoisotopic (exact) mass is 319 g/mol. The second-order valence-corrected chi connectivity index (χ2v) is 5.23. The largest absolute Gasteiger partial charge is 0.457 e. The molecule has 5 nitrogen and oxygen atoms in total. The Bertz CT molecular complexity index is 790. The van der Waals surface area contributed by atoms with Crippen molar-refractivity contribution < 1.29 is 9.53 Å². The first kappa shape index (κ1) is 15.7. The molecule has 0 aliphatic rings. The maximum Gasteiger partial charge on any atom is 0.268 e. The summed E-state index contributed by atoms with van der Waals surface area (Å²) in [5, 5.41) is 1.18. The van der Waals surface area contributed by atoms with E-state index >= 15 is 0 Å². The van der Waals surface area contributed by atoms with Gasteiger partial charge in [-0.05, 0) is 42.0 Å². The molecule has 3 aromatic rings. The fraction of sp³-hybridized carbons (Fsp3) is 0.0526. The van der Waals surface area contributed by atoms with Crippen molar-refractivity contribution in [1.82, 2.24) is 9.99 Å². The number of pyridine rings is 1. The Morgan fingerprint density at radius 3 is 2.21 bits per heavy atom. The van der Waals surface area contributed by atoms with Crippen molar-refractivity contribution in [2.45, 2.75) is 6.54 Å². The molecule has 0 radical (unpaired) electrons. The van der Waals surface area contributed by atoms with Crippen LogP contribution in [0.15, 0.2) is 79.1 Å². The minimum absolute atomic E-state index is 0.248. The van der Waals surface area contributed by atoms with E-state index in [1.165, 1.54) is 5.01 Å². The molecule has 3 rings (SSSR count). The van der Waals surface area contributed by atoms with Gasteiger partial charge < -0.3 is 4.74 Å². The van der Waals surface area contributed by atoms with Crippen LogP contribution in [0, 0.1) is 0 Å². The second kappa shape index (κ2) is 7.39. The zero-order valence-electron chi connectivity index (χ0n) is 13.0. The number of nitrogens with two attached hydrogens (primary N) is 1. The average Bonchev–Trinajstić information content (AvgIpc) is 2.64. The third-order valence-electron chi connectivity index (χ3n) is 3.44. The highest BCUT2D eigenvalue weighted by Crippen LogP contribution is 2.21. The van der Waals surface area contributed by atoms with Gasteiger partial charge in [0.05, 0.1) is 6.54 Å². The maximum absolute atomic E-state index is 12.2. The molecule has 0 aliphatic carbocycles. The molecular weight excluding hydrogens is 302 g/mol. The standard InChI is InChI=1S/C19H17N3O2/c20-22(19(23)16-10-12-21-13-11-16)14-15-6-8-18(9-7-15)24-17-4-2-1-3-5-17/h1-13H,14,20H2. The number of nitrogens with zero attached hydrogens (tertiary/aromatic N) is 2. The fourth-order valence-electron chi connectivity index (χ4n) is 2.22. The molecule has 2 N–H and O–H groups in total. The highest BCUT2D eigenvalue weighted by atomic mass is 16.5. The Balaban J connectivity index is 1.62. The number of hydrazine groups is 1. The molecule has 0 aliphatic heterocycles. The summed E-state index contributed by atoms with van der Waals surface area (Å²) >= 11 is 0. The van der Waals surface area contributed by atoms with Crippen LogP contribution in [0.3, 0.4) is 0 Å². The quantitative estimate of drug-likeness (QED) is 0.445. The molecule has 120 valence electrons. The van der Waals surface area contributed by atoms with Crippen molar-refractivity contribution in [1.29, 1.82) is 0 Å². The van der Waals surface area contributed by atoms with E-state index in [1.54, 1.807) is 24.5 Å². The van der Waals surface area contributed by atoms with Crippen LogP contribution in [0.25, 0.3) is 0 Å². The van der Waals surface area contributed by atoms with Gasteiger partial charge in [-0.3, -0.25) is 14.8 Å². The Hall–Kier alpha value is -3.18. The van der Waals surface area contributed by atoms with E-state index in [-0.39, 0.29) is 5.91 Å². The van der Waals surface area contributed by atoms with Gasteiger partial charge in [-0.25, -0.2) is 5.84 Å². The zero-order chi connectivity index (χ0) is 16.8. The van der Waals surface area contributed by atoms with Gasteiger partial charge in [-0.1, -0.05) is 30.3 Å². The molecule has 1 heterocycles. The molecular formula is C19H17N3O2. The minimum Gasteiger partial charge on any atom is -0.457 e. The first-order chi connectivity index (χ1) is 11.7. The number of hydrogen-bond acceptors (Lipinski definition) is 4. The van der Waals surface area contributed by atoms with E-state index in [0.717, 1.165) is 17.1 Å². The highest BCUT2D eigenvalue weighted by molar-refractivity contribution is 5.93. The summed E-state index contributed by atoms with van der Waals surface area (Å²) in [5.41, 5.74) is 1.43. The van der Waals surface area contributed by atoms with E-state index in [0.29, 0.717) is 12.1 Å². The summed E-state index contributed by atoms with van der Waals surface area (Å²) in [6.45, 7) is 0.312. The normalized spacial score (nSPS) is 10.2. The highest BCUT2D eigenvalue weighted by Gasteiger charge is 2.12. The van der Waals surface area contributed by atoms with Crippen molar-refractivity contribution in [2.24, 2.45) is 5.84 Å². The van der Waals surface area contributed by atoms with Crippen LogP contribution in [-0.2, 0) is 6.54 Å². The predicted molar refractivity (Wildman–Crippen MR) is 91.3 cm³/mol. The van der Waals surface area contributed by atoms with Crippen LogP contribution in [0.1, 0.15) is 15.9 Å². The number of carbonyl (C=O) groups is 1. The first-order valence-electron chi connectivity index (χ1n) is 7.51. The van der Waals surface area contributed by atoms with Crippen molar-refractivity contribution in [3.63, 3.8) is 0 Å². The number of hydrogen-bond donors (Lipinski definition) is 1. The summed E-state index contributed by atoms with van der Waals surface area (Å²) in [4.78, 5) is 16.1. The molecule has 0 unspecified atom stereocenters. The Kier molecular flexibility index (Phi) is 4.84. The molecule has 0 spiro atoms. The lowest BCUT2D eigenvalue weighted by Crippen LogP contribution is -2.36. The number of amides is 1. The van der Waals surface area contributed by atoms with Gasteiger partial charge in [0, 0.05) is 18.0 Å². The van der Waals surface area contributed by atoms with Crippen molar-refractivity contribution >= 4 is 5.91 Å². The van der Waals surface area contributed by atoms with Crippen LogP contribution in [-0.4, -0.2) is 15.9 Å². The van der Waals surface area contributed by atoms with Crippen molar-refractivity contribution in [3.8, 4) is 11.5 Å². The van der Waals surface area contributed by atoms with E-state index in [9.17, 15) is 4.79 Å². The van der Waals surface area contributed by atoms with E-state index in [4.69, 9.17) is 10.6 Å². The van der Waals surface area contributed by atoms with Crippen molar-refractivity contribution in [3.05, 3.63) is 90.3 Å². The van der Waals surface area contributed by atoms with Gasteiger partial charge >= 0.3 is 0 Å². The second-order valence-electron chi connectivity index (χ2n) is 5.23. The Labute approximate surface area is 140 Å². The van der Waals surface area contributed by atoms with Gasteiger partial charge in [0.15, 0.2) is 0 Å². The molecule has 2 aromatic carbocycles. The molecule has 0 fully saturated rings. The minimum atomic E-state index is -0.248. The summed E-state index contributed by atoms with van der Waals surface area (Å²) in [5.74, 6) is 7.13. The molecule has 24 heavy (non-hydrogen) atoms. The smallest absolute Gasteiger partial charge is 0.268 e. The van der Waals surface area contributed by atoms with Gasteiger partial charge in [-0.2, -0.15) is 0 Å². The number of ether oxygens (including phenoxy) is 1. The van der Waals surface area contributed by atoms with E-state index < -0.39 is 0 Å². The number of rotatable bonds is 5. The van der Waals surface area contributed by atoms with Gasteiger partial charge in [0.2, 0.25) is 0 Å². The lowest BCUT2D eigenvalue weighted by atomic mass is 10.2. The predicted octanol–water partition coefficient (Wildman–Crippen LogP) is 3.39. The van der Waals surface area contributed by atoms with E-state index in [2.05, 4.69) is 4.98 Å². The number of benzene rings is 2. The average molecular weight is 319 g/mol. The maximum atomic E-state index is 12.2. The third-order valence-corrected chi connectivity index (χ3v) is 3.44. The lowest BCUT2D eigenvalue weighted by molar-refractivity contribution is 0.0743. The number of para-hydroxylation sites is 1. The van der Waals surface area contributed by atoms with Crippen LogP contribution in [0.4, 0.5) is 0 Å². The Morgan fingerprint density at radius 1 is 0.917 bits per heavy atom. The first-order valence-corrected chi connectivity index (χ1v) is 7.51. The summed E-state index contributed by atoms with van der Waals surface area (Å²) in [6, 6.07) is 20.3. The van der Waals surface area contributed by atoms with Crippen molar-refractivity contribution in [2.75, 3.05) is 0 Å². The molecule has 0 atom stereocenters. The van der Waals surface area contributed by atoms with Gasteiger partial charge in [0.25, 0.3) is 5.91 Å². The SMILES string of the molecule is NN(Cc1ccc(Oc2ccccc2)cc1)C(=O)c1ccncc1. The number of carbonyl (C=O) groups excluding carboxylic acids is 1. The zero-order valence-corrected chi connectivity index (χ0v) is 13.0. The van der Waals surface area contributed by atoms with Crippen LogP contribution in [0.2, 0.25) is 0 Å². The van der Waals surface area contributed by atoms with Crippen LogP contribution < -0.4 is 10.6 Å².